The minimum atomic E-state index is 0. The Balaban J connectivity index is 0.00000182. The Bertz CT molecular complexity index is 902. The third-order valence-electron chi connectivity index (χ3n) is 3.93. The summed E-state index contributed by atoms with van der Waals surface area (Å²) in [6, 6.07) is 28.3. The molecule has 0 spiro atoms. The number of furan rings is 1. The van der Waals surface area contributed by atoms with Crippen molar-refractivity contribution in [1.82, 2.24) is 0 Å². The van der Waals surface area contributed by atoms with Gasteiger partial charge in [-0.05, 0) is 43.3 Å². The SMILES string of the molecule is Cc1ccc(-c2cc(-c3ccccc3)[o+]c(-c3ccccc3)c2)o1.[Cl-]. The lowest BCUT2D eigenvalue weighted by molar-refractivity contribution is -0.00000584. The predicted molar refractivity (Wildman–Crippen MR) is 96.4 cm³/mol. The molecule has 0 fully saturated rings. The van der Waals surface area contributed by atoms with E-state index in [0.717, 1.165) is 39.7 Å². The molecule has 2 aromatic heterocycles. The average molecular weight is 349 g/mol. The van der Waals surface area contributed by atoms with Crippen molar-refractivity contribution in [2.24, 2.45) is 0 Å². The lowest BCUT2D eigenvalue weighted by atomic mass is 10.1. The maximum Gasteiger partial charge on any atom is 0.361 e. The second kappa shape index (κ2) is 7.37. The van der Waals surface area contributed by atoms with Crippen molar-refractivity contribution in [1.29, 1.82) is 0 Å². The van der Waals surface area contributed by atoms with Crippen molar-refractivity contribution in [3.63, 3.8) is 0 Å². The number of halogens is 1. The van der Waals surface area contributed by atoms with E-state index in [1.807, 2.05) is 91.9 Å². The van der Waals surface area contributed by atoms with Gasteiger partial charge in [-0.2, -0.15) is 0 Å². The molecule has 0 radical (unpaired) electrons. The van der Waals surface area contributed by atoms with Gasteiger partial charge in [-0.3, -0.25) is 0 Å². The standard InChI is InChI=1S/C22H17O2.ClH/c1-16-12-13-20(23-16)19-14-21(17-8-4-2-5-9-17)24-22(15-19)18-10-6-3-7-11-18;/h2-15H,1H3;1H/q+1;/p-1. The van der Waals surface area contributed by atoms with Crippen LogP contribution in [0, 0.1) is 6.92 Å². The molecule has 25 heavy (non-hydrogen) atoms. The Morgan fingerprint density at radius 2 is 1.16 bits per heavy atom. The smallest absolute Gasteiger partial charge is 0.361 e. The first-order valence-corrected chi connectivity index (χ1v) is 7.95. The molecule has 3 heteroatoms. The first-order chi connectivity index (χ1) is 11.8. The Morgan fingerprint density at radius 1 is 0.640 bits per heavy atom. The van der Waals surface area contributed by atoms with Crippen LogP contribution in [0.2, 0.25) is 0 Å². The molecular formula is C22H17ClO2. The summed E-state index contributed by atoms with van der Waals surface area (Å²) in [7, 11) is 0. The molecule has 2 heterocycles. The molecule has 4 aromatic rings. The molecule has 2 aromatic carbocycles. The fourth-order valence-corrected chi connectivity index (χ4v) is 2.72. The minimum Gasteiger partial charge on any atom is -1.00 e. The third-order valence-corrected chi connectivity index (χ3v) is 3.93. The van der Waals surface area contributed by atoms with Gasteiger partial charge in [-0.15, -0.1) is 0 Å². The van der Waals surface area contributed by atoms with E-state index >= 15 is 0 Å². The molecule has 0 amide bonds. The Morgan fingerprint density at radius 3 is 1.60 bits per heavy atom. The number of benzene rings is 2. The zero-order valence-corrected chi connectivity index (χ0v) is 14.5. The van der Waals surface area contributed by atoms with Crippen molar-refractivity contribution in [2.75, 3.05) is 0 Å². The van der Waals surface area contributed by atoms with Crippen molar-refractivity contribution in [2.45, 2.75) is 6.92 Å². The van der Waals surface area contributed by atoms with Crippen LogP contribution in [-0.2, 0) is 0 Å². The van der Waals surface area contributed by atoms with Gasteiger partial charge in [-0.1, -0.05) is 36.4 Å². The van der Waals surface area contributed by atoms with E-state index in [-0.39, 0.29) is 12.4 Å². The van der Waals surface area contributed by atoms with Crippen molar-refractivity contribution >= 4 is 0 Å². The van der Waals surface area contributed by atoms with Gasteiger partial charge in [0.25, 0.3) is 0 Å². The molecule has 4 rings (SSSR count). The first kappa shape index (κ1) is 17.0. The lowest BCUT2D eigenvalue weighted by Gasteiger charge is -1.99. The van der Waals surface area contributed by atoms with Crippen molar-refractivity contribution in [3.05, 3.63) is 90.7 Å². The van der Waals surface area contributed by atoms with Gasteiger partial charge in [-0.25, -0.2) is 4.42 Å². The Labute approximate surface area is 153 Å². The van der Waals surface area contributed by atoms with Crippen LogP contribution < -0.4 is 12.4 Å². The van der Waals surface area contributed by atoms with Crippen LogP contribution in [0.5, 0.6) is 0 Å². The molecule has 0 atom stereocenters. The third kappa shape index (κ3) is 3.65. The first-order valence-electron chi connectivity index (χ1n) is 7.95. The molecule has 124 valence electrons. The summed E-state index contributed by atoms with van der Waals surface area (Å²) in [5.41, 5.74) is 3.09. The zero-order valence-electron chi connectivity index (χ0n) is 13.8. The number of aryl methyl sites for hydroxylation is 1. The van der Waals surface area contributed by atoms with E-state index < -0.39 is 0 Å². The van der Waals surface area contributed by atoms with Crippen LogP contribution in [0.15, 0.2) is 93.8 Å². The number of hydrogen-bond acceptors (Lipinski definition) is 1. The van der Waals surface area contributed by atoms with Gasteiger partial charge in [0, 0.05) is 5.56 Å². The quantitative estimate of drug-likeness (QED) is 0.529. The Kier molecular flexibility index (Phi) is 5.01. The molecular weight excluding hydrogens is 332 g/mol. The summed E-state index contributed by atoms with van der Waals surface area (Å²) in [6.07, 6.45) is 0. The number of rotatable bonds is 3. The Hall–Kier alpha value is -2.84. The van der Waals surface area contributed by atoms with E-state index in [4.69, 9.17) is 8.83 Å². The van der Waals surface area contributed by atoms with E-state index in [1.165, 1.54) is 0 Å². The fraction of sp³-hybridized carbons (Fsp3) is 0.0455. The van der Waals surface area contributed by atoms with Crippen molar-refractivity contribution < 1.29 is 21.2 Å². The van der Waals surface area contributed by atoms with Crippen LogP contribution in [0.25, 0.3) is 34.0 Å². The van der Waals surface area contributed by atoms with Crippen LogP contribution in [-0.4, -0.2) is 0 Å². The largest absolute Gasteiger partial charge is 1.00 e. The summed E-state index contributed by atoms with van der Waals surface area (Å²) in [4.78, 5) is 0. The zero-order chi connectivity index (χ0) is 16.4. The highest BCUT2D eigenvalue weighted by Crippen LogP contribution is 2.33. The molecule has 0 saturated heterocycles. The summed E-state index contributed by atoms with van der Waals surface area (Å²) in [5.74, 6) is 3.38. The van der Waals surface area contributed by atoms with Gasteiger partial charge >= 0.3 is 11.5 Å². The second-order valence-electron chi connectivity index (χ2n) is 5.72. The van der Waals surface area contributed by atoms with Crippen LogP contribution in [0.4, 0.5) is 0 Å². The second-order valence-corrected chi connectivity index (χ2v) is 5.72. The molecule has 0 saturated carbocycles. The van der Waals surface area contributed by atoms with Crippen LogP contribution >= 0.6 is 0 Å². The van der Waals surface area contributed by atoms with Gasteiger partial charge in [0.15, 0.2) is 0 Å². The summed E-state index contributed by atoms with van der Waals surface area (Å²) in [6.45, 7) is 1.95. The molecule has 0 aliphatic carbocycles. The average Bonchev–Trinajstić information content (AvgIpc) is 3.09. The van der Waals surface area contributed by atoms with E-state index in [1.54, 1.807) is 0 Å². The van der Waals surface area contributed by atoms with Gasteiger partial charge in [0.2, 0.25) is 0 Å². The van der Waals surface area contributed by atoms with Crippen molar-refractivity contribution in [3.8, 4) is 34.0 Å². The summed E-state index contributed by atoms with van der Waals surface area (Å²) in [5, 5.41) is 0. The van der Waals surface area contributed by atoms with Gasteiger partial charge in [0.05, 0.1) is 23.3 Å². The molecule has 0 unspecified atom stereocenters. The lowest BCUT2D eigenvalue weighted by Crippen LogP contribution is -3.00. The summed E-state index contributed by atoms with van der Waals surface area (Å²) < 4.78 is 12.0. The van der Waals surface area contributed by atoms with E-state index in [2.05, 4.69) is 0 Å². The fourth-order valence-electron chi connectivity index (χ4n) is 2.72. The molecule has 0 bridgehead atoms. The van der Waals surface area contributed by atoms with E-state index in [0.29, 0.717) is 0 Å². The minimum absolute atomic E-state index is 0. The molecule has 2 nitrogen and oxygen atoms in total. The normalized spacial score (nSPS) is 10.3. The highest BCUT2D eigenvalue weighted by molar-refractivity contribution is 5.72. The van der Waals surface area contributed by atoms with Gasteiger partial charge in [0.1, 0.15) is 11.5 Å². The predicted octanol–water partition coefficient (Wildman–Crippen LogP) is 3.47. The van der Waals surface area contributed by atoms with Gasteiger partial charge < -0.3 is 16.8 Å². The highest BCUT2D eigenvalue weighted by Gasteiger charge is 2.21. The maximum absolute atomic E-state index is 6.18. The monoisotopic (exact) mass is 348 g/mol. The van der Waals surface area contributed by atoms with Crippen LogP contribution in [0.3, 0.4) is 0 Å². The van der Waals surface area contributed by atoms with Crippen LogP contribution in [0.1, 0.15) is 5.76 Å². The summed E-state index contributed by atoms with van der Waals surface area (Å²) >= 11 is 0. The topological polar surface area (TPSA) is 24.4 Å². The molecule has 0 aliphatic rings. The maximum atomic E-state index is 6.18. The van der Waals surface area contributed by atoms with E-state index in [9.17, 15) is 0 Å². The molecule has 0 aliphatic heterocycles. The molecule has 0 N–H and O–H groups in total. The number of hydrogen-bond donors (Lipinski definition) is 0. The highest BCUT2D eigenvalue weighted by atomic mass is 35.5.